The molecule has 1 fully saturated rings. The van der Waals surface area contributed by atoms with Crippen LogP contribution in [0.4, 0.5) is 20.7 Å². The third-order valence-electron chi connectivity index (χ3n) is 4.53. The molecular weight excluding hydrogens is 418 g/mol. The van der Waals surface area contributed by atoms with Gasteiger partial charge in [0.2, 0.25) is 11.9 Å². The fraction of sp³-hybridized carbons (Fsp3) is 0.474. The maximum absolute atomic E-state index is 14.0. The van der Waals surface area contributed by atoms with Crippen molar-refractivity contribution in [1.82, 2.24) is 20.3 Å². The van der Waals surface area contributed by atoms with Gasteiger partial charge >= 0.3 is 0 Å². The Hall–Kier alpha value is -2.59. The van der Waals surface area contributed by atoms with Gasteiger partial charge in [-0.1, -0.05) is 18.5 Å². The first kappa shape index (κ1) is 22.1. The summed E-state index contributed by atoms with van der Waals surface area (Å²) < 4.78 is 33.6. The second-order valence-corrected chi connectivity index (χ2v) is 7.95. The minimum absolute atomic E-state index is 0.0479. The third-order valence-corrected chi connectivity index (χ3v) is 4.90. The molecule has 3 rings (SSSR count). The van der Waals surface area contributed by atoms with E-state index in [1.807, 2.05) is 25.7 Å². The summed E-state index contributed by atoms with van der Waals surface area (Å²) in [6.45, 7) is 6.60. The number of ether oxygens (including phenoxy) is 1. The molecule has 162 valence electrons. The molecule has 2 aromatic rings. The first-order chi connectivity index (χ1) is 14.1. The number of nitrogen functional groups attached to an aromatic ring is 1. The molecule has 2 heterocycles. The molecule has 1 saturated heterocycles. The smallest absolute Gasteiger partial charge is 0.255 e. The SMILES string of the molecule is CCc1nc(N)nc(N2CC(CNC(=O)c3c(F)ccc(F)c3Cl)OC(C)(C)C2)n1. The Kier molecular flexibility index (Phi) is 6.37. The van der Waals surface area contributed by atoms with Crippen molar-refractivity contribution in [3.05, 3.63) is 40.2 Å². The number of hydrogen-bond donors (Lipinski definition) is 2. The molecule has 1 atom stereocenters. The summed E-state index contributed by atoms with van der Waals surface area (Å²) >= 11 is 5.76. The molecule has 0 saturated carbocycles. The van der Waals surface area contributed by atoms with Crippen molar-refractivity contribution in [2.45, 2.75) is 38.9 Å². The summed E-state index contributed by atoms with van der Waals surface area (Å²) in [7, 11) is 0. The van der Waals surface area contributed by atoms with Gasteiger partial charge in [-0.25, -0.2) is 8.78 Å². The van der Waals surface area contributed by atoms with Crippen LogP contribution < -0.4 is 16.0 Å². The second kappa shape index (κ2) is 8.65. The van der Waals surface area contributed by atoms with Crippen molar-refractivity contribution < 1.29 is 18.3 Å². The number of nitrogens with one attached hydrogen (secondary N) is 1. The number of rotatable bonds is 5. The van der Waals surface area contributed by atoms with Crippen LogP contribution in [-0.2, 0) is 11.2 Å². The van der Waals surface area contributed by atoms with Crippen LogP contribution >= 0.6 is 11.6 Å². The van der Waals surface area contributed by atoms with Gasteiger partial charge in [0.15, 0.2) is 0 Å². The molecule has 11 heteroatoms. The lowest BCUT2D eigenvalue weighted by Crippen LogP contribution is -2.56. The molecule has 3 N–H and O–H groups in total. The monoisotopic (exact) mass is 440 g/mol. The van der Waals surface area contributed by atoms with Gasteiger partial charge in [-0.3, -0.25) is 4.79 Å². The van der Waals surface area contributed by atoms with Crippen LogP contribution in [0, 0.1) is 11.6 Å². The molecule has 0 spiro atoms. The van der Waals surface area contributed by atoms with Gasteiger partial charge < -0.3 is 20.7 Å². The highest BCUT2D eigenvalue weighted by atomic mass is 35.5. The average molecular weight is 441 g/mol. The predicted molar refractivity (Wildman–Crippen MR) is 108 cm³/mol. The predicted octanol–water partition coefficient (Wildman–Crippen LogP) is 2.36. The van der Waals surface area contributed by atoms with E-state index in [1.54, 1.807) is 0 Å². The Bertz CT molecular complexity index is 959. The minimum atomic E-state index is -0.904. The molecule has 30 heavy (non-hydrogen) atoms. The Morgan fingerprint density at radius 2 is 2.03 bits per heavy atom. The van der Waals surface area contributed by atoms with Crippen molar-refractivity contribution in [3.63, 3.8) is 0 Å². The Balaban J connectivity index is 1.74. The molecule has 1 aromatic heterocycles. The molecule has 1 unspecified atom stereocenters. The van der Waals surface area contributed by atoms with Gasteiger partial charge in [-0.2, -0.15) is 15.0 Å². The maximum Gasteiger partial charge on any atom is 0.255 e. The van der Waals surface area contributed by atoms with Gasteiger partial charge in [0, 0.05) is 26.1 Å². The zero-order chi connectivity index (χ0) is 22.1. The Labute approximate surface area is 177 Å². The van der Waals surface area contributed by atoms with E-state index >= 15 is 0 Å². The largest absolute Gasteiger partial charge is 0.368 e. The van der Waals surface area contributed by atoms with Gasteiger partial charge in [-0.05, 0) is 26.0 Å². The van der Waals surface area contributed by atoms with E-state index in [-0.39, 0.29) is 12.5 Å². The fourth-order valence-electron chi connectivity index (χ4n) is 3.31. The summed E-state index contributed by atoms with van der Waals surface area (Å²) in [6.07, 6.45) is 0.142. The highest BCUT2D eigenvalue weighted by Gasteiger charge is 2.35. The van der Waals surface area contributed by atoms with Crippen LogP contribution in [0.25, 0.3) is 0 Å². The van der Waals surface area contributed by atoms with Crippen LogP contribution in [0.5, 0.6) is 0 Å². The fourth-order valence-corrected chi connectivity index (χ4v) is 3.55. The highest BCUT2D eigenvalue weighted by Crippen LogP contribution is 2.25. The number of anilines is 2. The number of morpholine rings is 1. The number of benzene rings is 1. The number of aromatic nitrogens is 3. The van der Waals surface area contributed by atoms with E-state index in [1.165, 1.54) is 0 Å². The van der Waals surface area contributed by atoms with Gasteiger partial charge in [0.05, 0.1) is 22.3 Å². The molecule has 8 nitrogen and oxygen atoms in total. The zero-order valence-corrected chi connectivity index (χ0v) is 17.6. The van der Waals surface area contributed by atoms with E-state index in [9.17, 15) is 13.6 Å². The molecule has 1 aliphatic heterocycles. The van der Waals surface area contributed by atoms with Crippen molar-refractivity contribution >= 4 is 29.4 Å². The van der Waals surface area contributed by atoms with Crippen LogP contribution in [0.1, 0.15) is 37.0 Å². The molecular formula is C19H23ClF2N6O2. The number of halogens is 3. The van der Waals surface area contributed by atoms with E-state index in [0.717, 1.165) is 12.1 Å². The molecule has 0 aliphatic carbocycles. The van der Waals surface area contributed by atoms with Crippen molar-refractivity contribution in [3.8, 4) is 0 Å². The Morgan fingerprint density at radius 1 is 1.33 bits per heavy atom. The van der Waals surface area contributed by atoms with Crippen molar-refractivity contribution in [2.75, 3.05) is 30.3 Å². The second-order valence-electron chi connectivity index (χ2n) is 7.57. The van der Waals surface area contributed by atoms with Gasteiger partial charge in [0.25, 0.3) is 5.91 Å². The number of aryl methyl sites for hydroxylation is 1. The quantitative estimate of drug-likeness (QED) is 0.687. The van der Waals surface area contributed by atoms with Crippen LogP contribution in [0.3, 0.4) is 0 Å². The summed E-state index contributed by atoms with van der Waals surface area (Å²) in [5.41, 5.74) is 4.67. The first-order valence-electron chi connectivity index (χ1n) is 9.44. The minimum Gasteiger partial charge on any atom is -0.368 e. The lowest BCUT2D eigenvalue weighted by Gasteiger charge is -2.42. The summed E-state index contributed by atoms with van der Waals surface area (Å²) in [6, 6.07) is 1.72. The topological polar surface area (TPSA) is 106 Å². The number of carbonyl (C=O) groups excluding carboxylic acids is 1. The zero-order valence-electron chi connectivity index (χ0n) is 16.9. The number of carbonyl (C=O) groups is 1. The van der Waals surface area contributed by atoms with Crippen LogP contribution in [0.2, 0.25) is 5.02 Å². The highest BCUT2D eigenvalue weighted by molar-refractivity contribution is 6.34. The van der Waals surface area contributed by atoms with E-state index in [2.05, 4.69) is 20.3 Å². The molecule has 1 amide bonds. The normalized spacial score (nSPS) is 18.3. The summed E-state index contributed by atoms with van der Waals surface area (Å²) in [5.74, 6) is -1.48. The summed E-state index contributed by atoms with van der Waals surface area (Å²) in [5, 5.41) is 2.00. The van der Waals surface area contributed by atoms with Gasteiger partial charge in [0.1, 0.15) is 17.5 Å². The van der Waals surface area contributed by atoms with Crippen LogP contribution in [0.15, 0.2) is 12.1 Å². The standard InChI is InChI=1S/C19H23ClF2N6O2/c1-4-13-25-17(23)27-18(26-13)28-8-10(30-19(2,3)9-28)7-24-16(29)14-11(21)5-6-12(22)15(14)20/h5-6,10H,4,7-9H2,1-3H3,(H,24,29)(H2,23,25,26,27). The lowest BCUT2D eigenvalue weighted by atomic mass is 10.1. The van der Waals surface area contributed by atoms with Crippen molar-refractivity contribution in [2.24, 2.45) is 0 Å². The first-order valence-corrected chi connectivity index (χ1v) is 9.82. The maximum atomic E-state index is 14.0. The van der Waals surface area contributed by atoms with E-state index < -0.39 is 39.8 Å². The summed E-state index contributed by atoms with van der Waals surface area (Å²) in [4.78, 5) is 27.0. The molecule has 0 bridgehead atoms. The number of nitrogens with zero attached hydrogens (tertiary/aromatic N) is 4. The van der Waals surface area contributed by atoms with Crippen molar-refractivity contribution in [1.29, 1.82) is 0 Å². The lowest BCUT2D eigenvalue weighted by molar-refractivity contribution is -0.0814. The van der Waals surface area contributed by atoms with Gasteiger partial charge in [-0.15, -0.1) is 0 Å². The third kappa shape index (κ3) is 4.93. The molecule has 1 aromatic carbocycles. The van der Waals surface area contributed by atoms with Crippen LogP contribution in [-0.4, -0.2) is 52.2 Å². The number of hydrogen-bond acceptors (Lipinski definition) is 7. The Morgan fingerprint density at radius 3 is 2.73 bits per heavy atom. The average Bonchev–Trinajstić information content (AvgIpc) is 2.68. The molecule has 0 radical (unpaired) electrons. The van der Waals surface area contributed by atoms with E-state index in [0.29, 0.717) is 31.3 Å². The number of amides is 1. The molecule has 1 aliphatic rings. The van der Waals surface area contributed by atoms with E-state index in [4.69, 9.17) is 22.1 Å². The number of nitrogens with two attached hydrogens (primary N) is 1.